The molecule has 29 heavy (non-hydrogen) atoms. The van der Waals surface area contributed by atoms with Crippen molar-refractivity contribution >= 4 is 42.8 Å². The van der Waals surface area contributed by atoms with Crippen molar-refractivity contribution in [2.75, 3.05) is 15.6 Å². The quantitative estimate of drug-likeness (QED) is 0.639. The van der Waals surface area contributed by atoms with Crippen LogP contribution < -0.4 is 9.03 Å². The van der Waals surface area contributed by atoms with Crippen LogP contribution in [0.1, 0.15) is 17.5 Å². The number of aryl methyl sites for hydroxylation is 2. The van der Waals surface area contributed by atoms with E-state index in [2.05, 4.69) is 4.72 Å². The van der Waals surface area contributed by atoms with E-state index in [4.69, 9.17) is 0 Å². The summed E-state index contributed by atoms with van der Waals surface area (Å²) in [6.07, 6.45) is 1.36. The van der Waals surface area contributed by atoms with Gasteiger partial charge in [-0.05, 0) is 66.6 Å². The van der Waals surface area contributed by atoms with E-state index in [1.807, 2.05) is 0 Å². The maximum Gasteiger partial charge on any atom is 0.273 e. The number of thiophene rings is 1. The summed E-state index contributed by atoms with van der Waals surface area (Å²) in [4.78, 5) is 0.222. The van der Waals surface area contributed by atoms with Crippen molar-refractivity contribution in [2.45, 2.75) is 28.9 Å². The fraction of sp³-hybridized carbons (Fsp3) is 0.200. The van der Waals surface area contributed by atoms with E-state index in [1.165, 1.54) is 15.6 Å². The van der Waals surface area contributed by atoms with Gasteiger partial charge in [0.1, 0.15) is 4.21 Å². The predicted octanol–water partition coefficient (Wildman–Crippen LogP) is 4.00. The van der Waals surface area contributed by atoms with Gasteiger partial charge in [-0.25, -0.2) is 16.8 Å². The smallest absolute Gasteiger partial charge is 0.273 e. The molecule has 0 saturated carbocycles. The standard InChI is InChI=1S/C20H20N2O4S3/c1-15-6-2-3-8-19(15)28(23,24)21-17-10-11-18-16(14-17)7-4-12-22(18)29(25,26)20-9-5-13-27-20/h2-3,5-6,8-11,13-14,21H,4,7,12H2,1H3. The molecule has 0 radical (unpaired) electrons. The maximum absolute atomic E-state index is 13.0. The van der Waals surface area contributed by atoms with Crippen LogP contribution in [0.2, 0.25) is 0 Å². The Bertz CT molecular complexity index is 1250. The van der Waals surface area contributed by atoms with Crippen molar-refractivity contribution in [3.63, 3.8) is 0 Å². The van der Waals surface area contributed by atoms with Crippen molar-refractivity contribution in [3.8, 4) is 0 Å². The minimum Gasteiger partial charge on any atom is -0.280 e. The Kier molecular flexibility index (Phi) is 5.14. The van der Waals surface area contributed by atoms with Gasteiger partial charge in [0.2, 0.25) is 0 Å². The van der Waals surface area contributed by atoms with E-state index < -0.39 is 20.0 Å². The second-order valence-corrected chi connectivity index (χ2v) is 11.5. The van der Waals surface area contributed by atoms with Crippen LogP contribution in [0.4, 0.5) is 11.4 Å². The Balaban J connectivity index is 1.67. The lowest BCUT2D eigenvalue weighted by atomic mass is 10.0. The summed E-state index contributed by atoms with van der Waals surface area (Å²) in [6, 6.07) is 15.1. The number of hydrogen-bond acceptors (Lipinski definition) is 5. The van der Waals surface area contributed by atoms with Gasteiger partial charge in [0.05, 0.1) is 10.6 Å². The average Bonchev–Trinajstić information content (AvgIpc) is 3.23. The number of sulfonamides is 2. The first kappa shape index (κ1) is 19.9. The van der Waals surface area contributed by atoms with Gasteiger partial charge in [-0.3, -0.25) is 9.03 Å². The number of anilines is 2. The lowest BCUT2D eigenvalue weighted by Gasteiger charge is -2.30. The van der Waals surface area contributed by atoms with Crippen LogP contribution in [-0.2, 0) is 26.5 Å². The molecule has 1 N–H and O–H groups in total. The van der Waals surface area contributed by atoms with Crippen molar-refractivity contribution in [1.82, 2.24) is 0 Å². The van der Waals surface area contributed by atoms with E-state index >= 15 is 0 Å². The molecule has 1 aliphatic heterocycles. The molecule has 0 aliphatic carbocycles. The van der Waals surface area contributed by atoms with Crippen molar-refractivity contribution in [3.05, 3.63) is 71.1 Å². The van der Waals surface area contributed by atoms with E-state index in [1.54, 1.807) is 66.9 Å². The summed E-state index contributed by atoms with van der Waals surface area (Å²) in [5.74, 6) is 0. The third-order valence-electron chi connectivity index (χ3n) is 4.83. The van der Waals surface area contributed by atoms with E-state index in [9.17, 15) is 16.8 Å². The molecule has 0 atom stereocenters. The van der Waals surface area contributed by atoms with E-state index in [0.29, 0.717) is 40.5 Å². The molecule has 0 unspecified atom stereocenters. The van der Waals surface area contributed by atoms with E-state index in [-0.39, 0.29) is 4.90 Å². The zero-order valence-electron chi connectivity index (χ0n) is 15.7. The highest BCUT2D eigenvalue weighted by atomic mass is 32.2. The molecular formula is C20H20N2O4S3. The van der Waals surface area contributed by atoms with Crippen molar-refractivity contribution in [1.29, 1.82) is 0 Å². The topological polar surface area (TPSA) is 83.6 Å². The highest BCUT2D eigenvalue weighted by Gasteiger charge is 2.30. The van der Waals surface area contributed by atoms with Crippen LogP contribution in [0.25, 0.3) is 0 Å². The number of rotatable bonds is 5. The SMILES string of the molecule is Cc1ccccc1S(=O)(=O)Nc1ccc2c(c1)CCCN2S(=O)(=O)c1cccs1. The molecule has 1 aromatic heterocycles. The van der Waals surface area contributed by atoms with Gasteiger partial charge in [0.25, 0.3) is 20.0 Å². The van der Waals surface area contributed by atoms with Gasteiger partial charge in [-0.15, -0.1) is 11.3 Å². The van der Waals surface area contributed by atoms with Crippen LogP contribution in [0, 0.1) is 6.92 Å². The lowest BCUT2D eigenvalue weighted by Crippen LogP contribution is -2.35. The normalized spacial score (nSPS) is 14.4. The monoisotopic (exact) mass is 448 g/mol. The van der Waals surface area contributed by atoms with Gasteiger partial charge in [0.15, 0.2) is 0 Å². The molecule has 152 valence electrons. The highest BCUT2D eigenvalue weighted by molar-refractivity contribution is 7.94. The number of nitrogens with zero attached hydrogens (tertiary/aromatic N) is 1. The first-order valence-electron chi connectivity index (χ1n) is 9.07. The average molecular weight is 449 g/mol. The number of nitrogens with one attached hydrogen (secondary N) is 1. The summed E-state index contributed by atoms with van der Waals surface area (Å²) in [7, 11) is -7.34. The summed E-state index contributed by atoms with van der Waals surface area (Å²) in [5, 5.41) is 1.74. The summed E-state index contributed by atoms with van der Waals surface area (Å²) in [6.45, 7) is 2.15. The molecule has 2 aromatic carbocycles. The zero-order valence-corrected chi connectivity index (χ0v) is 18.1. The molecular weight excluding hydrogens is 428 g/mol. The Hall–Kier alpha value is -2.36. The fourth-order valence-corrected chi connectivity index (χ4v) is 7.41. The van der Waals surface area contributed by atoms with E-state index in [0.717, 1.165) is 5.56 Å². The van der Waals surface area contributed by atoms with Crippen molar-refractivity contribution < 1.29 is 16.8 Å². The molecule has 6 nitrogen and oxygen atoms in total. The van der Waals surface area contributed by atoms with Gasteiger partial charge >= 0.3 is 0 Å². The van der Waals surface area contributed by atoms with Crippen LogP contribution >= 0.6 is 11.3 Å². The second kappa shape index (κ2) is 7.47. The summed E-state index contributed by atoms with van der Waals surface area (Å²) in [5.41, 5.74) is 2.48. The third kappa shape index (κ3) is 3.77. The van der Waals surface area contributed by atoms with Gasteiger partial charge in [-0.2, -0.15) is 0 Å². The highest BCUT2D eigenvalue weighted by Crippen LogP contribution is 2.35. The van der Waals surface area contributed by atoms with Gasteiger partial charge in [0, 0.05) is 12.2 Å². The van der Waals surface area contributed by atoms with Crippen LogP contribution in [-0.4, -0.2) is 23.4 Å². The molecule has 2 heterocycles. The molecule has 4 rings (SSSR count). The zero-order chi connectivity index (χ0) is 20.6. The molecule has 1 aliphatic rings. The second-order valence-electron chi connectivity index (χ2n) is 6.83. The Labute approximate surface area is 174 Å². The number of hydrogen-bond donors (Lipinski definition) is 1. The molecule has 0 saturated heterocycles. The molecule has 3 aromatic rings. The van der Waals surface area contributed by atoms with Crippen molar-refractivity contribution in [2.24, 2.45) is 0 Å². The molecule has 0 bridgehead atoms. The minimum atomic E-state index is -3.73. The number of benzene rings is 2. The minimum absolute atomic E-state index is 0.222. The van der Waals surface area contributed by atoms with Gasteiger partial charge < -0.3 is 0 Å². The largest absolute Gasteiger partial charge is 0.280 e. The molecule has 0 spiro atoms. The fourth-order valence-electron chi connectivity index (χ4n) is 3.46. The maximum atomic E-state index is 13.0. The molecule has 0 amide bonds. The Morgan fingerprint density at radius 1 is 1.00 bits per heavy atom. The first-order valence-corrected chi connectivity index (χ1v) is 12.9. The van der Waals surface area contributed by atoms with Crippen LogP contribution in [0.5, 0.6) is 0 Å². The third-order valence-corrected chi connectivity index (χ3v) is 9.56. The first-order chi connectivity index (χ1) is 13.8. The molecule has 0 fully saturated rings. The Morgan fingerprint density at radius 2 is 1.79 bits per heavy atom. The Morgan fingerprint density at radius 3 is 2.52 bits per heavy atom. The lowest BCUT2D eigenvalue weighted by molar-refractivity contribution is 0.588. The van der Waals surface area contributed by atoms with Crippen LogP contribution in [0.3, 0.4) is 0 Å². The van der Waals surface area contributed by atoms with Gasteiger partial charge in [-0.1, -0.05) is 24.3 Å². The summed E-state index contributed by atoms with van der Waals surface area (Å²) < 4.78 is 55.8. The number of fused-ring (bicyclic) bond motifs is 1. The molecule has 9 heteroatoms. The predicted molar refractivity (Wildman–Crippen MR) is 116 cm³/mol. The summed E-state index contributed by atoms with van der Waals surface area (Å²) >= 11 is 1.19. The van der Waals surface area contributed by atoms with Crippen LogP contribution in [0.15, 0.2) is 69.1 Å².